The quantitative estimate of drug-likeness (QED) is 0.600. The first kappa shape index (κ1) is 19.0. The van der Waals surface area contributed by atoms with Crippen molar-refractivity contribution >= 4 is 29.2 Å². The fourth-order valence-electron chi connectivity index (χ4n) is 2.99. The molecule has 0 amide bonds. The van der Waals surface area contributed by atoms with Gasteiger partial charge in [0.05, 0.1) is 13.1 Å². The lowest BCUT2D eigenvalue weighted by Crippen LogP contribution is -2.37. The zero-order valence-corrected chi connectivity index (χ0v) is 16.4. The van der Waals surface area contributed by atoms with Crippen LogP contribution < -0.4 is 10.6 Å². The van der Waals surface area contributed by atoms with Crippen LogP contribution in [0, 0.1) is 0 Å². The first-order valence-corrected chi connectivity index (χ1v) is 9.80. The van der Waals surface area contributed by atoms with Crippen LogP contribution in [0.4, 0.5) is 0 Å². The maximum Gasteiger partial charge on any atom is 0.191 e. The molecule has 8 heteroatoms. The Bertz CT molecular complexity index is 771. The second-order valence-electron chi connectivity index (χ2n) is 6.28. The van der Waals surface area contributed by atoms with Crippen molar-refractivity contribution < 1.29 is 0 Å². The Kier molecular flexibility index (Phi) is 6.74. The summed E-state index contributed by atoms with van der Waals surface area (Å²) in [6.07, 6.45) is 4.64. The molecule has 0 atom stereocenters. The lowest BCUT2D eigenvalue weighted by molar-refractivity contribution is 0.596. The van der Waals surface area contributed by atoms with Gasteiger partial charge in [-0.2, -0.15) is 0 Å². The van der Waals surface area contributed by atoms with Gasteiger partial charge in [-0.25, -0.2) is 4.99 Å². The third-order valence-electron chi connectivity index (χ3n) is 4.37. The molecular formula is C18H24Cl2N6. The van der Waals surface area contributed by atoms with Gasteiger partial charge in [-0.1, -0.05) is 35.7 Å². The largest absolute Gasteiger partial charge is 0.357 e. The van der Waals surface area contributed by atoms with Gasteiger partial charge in [0.15, 0.2) is 11.8 Å². The van der Waals surface area contributed by atoms with Gasteiger partial charge >= 0.3 is 0 Å². The summed E-state index contributed by atoms with van der Waals surface area (Å²) in [4.78, 5) is 4.61. The molecule has 2 N–H and O–H groups in total. The number of fused-ring (bicyclic) bond motifs is 1. The summed E-state index contributed by atoms with van der Waals surface area (Å²) in [7, 11) is 0. The fraction of sp³-hybridized carbons (Fsp3) is 0.500. The van der Waals surface area contributed by atoms with Crippen LogP contribution in [0.2, 0.25) is 10.0 Å². The Labute approximate surface area is 164 Å². The van der Waals surface area contributed by atoms with Gasteiger partial charge in [-0.05, 0) is 37.5 Å². The molecule has 1 aromatic carbocycles. The monoisotopic (exact) mass is 394 g/mol. The highest BCUT2D eigenvalue weighted by molar-refractivity contribution is 6.35. The summed E-state index contributed by atoms with van der Waals surface area (Å²) in [6, 6.07) is 5.46. The highest BCUT2D eigenvalue weighted by Gasteiger charge is 2.14. The van der Waals surface area contributed by atoms with Gasteiger partial charge in [0.1, 0.15) is 5.82 Å². The Morgan fingerprint density at radius 2 is 2.08 bits per heavy atom. The number of nitrogens with zero attached hydrogens (tertiary/aromatic N) is 4. The van der Waals surface area contributed by atoms with E-state index in [-0.39, 0.29) is 0 Å². The highest BCUT2D eigenvalue weighted by Crippen LogP contribution is 2.21. The van der Waals surface area contributed by atoms with Crippen molar-refractivity contribution in [1.29, 1.82) is 0 Å². The van der Waals surface area contributed by atoms with E-state index in [1.54, 1.807) is 6.07 Å². The summed E-state index contributed by atoms with van der Waals surface area (Å²) in [6.45, 7) is 4.87. The molecule has 3 rings (SSSR count). The average Bonchev–Trinajstić information content (AvgIpc) is 2.85. The molecule has 2 aromatic rings. The molecule has 2 heterocycles. The molecule has 0 saturated heterocycles. The summed E-state index contributed by atoms with van der Waals surface area (Å²) >= 11 is 12.2. The number of nitrogens with one attached hydrogen (secondary N) is 2. The molecule has 1 aliphatic rings. The number of aliphatic imine (C=N–C) groups is 1. The molecule has 0 spiro atoms. The SMILES string of the molecule is CCNC(=NCc1ccc(Cl)cc1Cl)NCc1nnc2n1CCCCC2. The Hall–Kier alpha value is -1.79. The summed E-state index contributed by atoms with van der Waals surface area (Å²) < 4.78 is 2.24. The van der Waals surface area contributed by atoms with Gasteiger partial charge in [-0.15, -0.1) is 10.2 Å². The molecule has 6 nitrogen and oxygen atoms in total. The minimum Gasteiger partial charge on any atom is -0.357 e. The van der Waals surface area contributed by atoms with E-state index in [0.29, 0.717) is 23.1 Å². The maximum atomic E-state index is 6.23. The van der Waals surface area contributed by atoms with Gasteiger partial charge in [0.2, 0.25) is 0 Å². The molecule has 140 valence electrons. The van der Waals surface area contributed by atoms with E-state index in [9.17, 15) is 0 Å². The molecular weight excluding hydrogens is 371 g/mol. The van der Waals surface area contributed by atoms with Crippen LogP contribution in [-0.4, -0.2) is 27.3 Å². The van der Waals surface area contributed by atoms with Crippen LogP contribution in [0.5, 0.6) is 0 Å². The van der Waals surface area contributed by atoms with E-state index in [1.165, 1.54) is 19.3 Å². The van der Waals surface area contributed by atoms with Gasteiger partial charge in [0.25, 0.3) is 0 Å². The van der Waals surface area contributed by atoms with Crippen molar-refractivity contribution in [3.63, 3.8) is 0 Å². The number of aromatic nitrogens is 3. The number of benzene rings is 1. The standard InChI is InChI=1S/C18H24Cl2N6/c1-2-21-18(22-11-13-7-8-14(19)10-15(13)20)23-12-17-25-24-16-6-4-3-5-9-26(16)17/h7-8,10H,2-6,9,11-12H2,1H3,(H2,21,22,23). The van der Waals surface area contributed by atoms with Crippen molar-refractivity contribution in [3.05, 3.63) is 45.5 Å². The third-order valence-corrected chi connectivity index (χ3v) is 4.95. The van der Waals surface area contributed by atoms with Crippen molar-refractivity contribution in [2.24, 2.45) is 4.99 Å². The first-order chi connectivity index (χ1) is 12.7. The summed E-state index contributed by atoms with van der Waals surface area (Å²) in [5, 5.41) is 16.5. The molecule has 0 fully saturated rings. The molecule has 1 aromatic heterocycles. The smallest absolute Gasteiger partial charge is 0.191 e. The predicted molar refractivity (Wildman–Crippen MR) is 106 cm³/mol. The van der Waals surface area contributed by atoms with Crippen molar-refractivity contribution in [2.45, 2.75) is 52.2 Å². The van der Waals surface area contributed by atoms with Crippen LogP contribution in [-0.2, 0) is 26.1 Å². The van der Waals surface area contributed by atoms with E-state index in [0.717, 1.165) is 42.7 Å². The summed E-state index contributed by atoms with van der Waals surface area (Å²) in [5.41, 5.74) is 0.935. The number of hydrogen-bond donors (Lipinski definition) is 2. The summed E-state index contributed by atoms with van der Waals surface area (Å²) in [5.74, 6) is 2.77. The number of rotatable bonds is 5. The van der Waals surface area contributed by atoms with E-state index in [1.807, 2.05) is 19.1 Å². The number of aryl methyl sites for hydroxylation is 1. The lowest BCUT2D eigenvalue weighted by atomic mass is 10.2. The zero-order valence-electron chi connectivity index (χ0n) is 14.9. The predicted octanol–water partition coefficient (Wildman–Crippen LogP) is 3.57. The van der Waals surface area contributed by atoms with Crippen molar-refractivity contribution in [3.8, 4) is 0 Å². The van der Waals surface area contributed by atoms with E-state index in [4.69, 9.17) is 23.2 Å². The van der Waals surface area contributed by atoms with Gasteiger partial charge < -0.3 is 15.2 Å². The molecule has 0 saturated carbocycles. The second-order valence-corrected chi connectivity index (χ2v) is 7.12. The van der Waals surface area contributed by atoms with Crippen LogP contribution in [0.15, 0.2) is 23.2 Å². The van der Waals surface area contributed by atoms with Gasteiger partial charge in [0, 0.05) is 29.6 Å². The third kappa shape index (κ3) is 4.89. The Balaban J connectivity index is 1.66. The van der Waals surface area contributed by atoms with Crippen LogP contribution in [0.25, 0.3) is 0 Å². The minimum atomic E-state index is 0.475. The maximum absolute atomic E-state index is 6.23. The van der Waals surface area contributed by atoms with Crippen LogP contribution >= 0.6 is 23.2 Å². The average molecular weight is 395 g/mol. The highest BCUT2D eigenvalue weighted by atomic mass is 35.5. The van der Waals surface area contributed by atoms with E-state index in [2.05, 4.69) is 30.4 Å². The van der Waals surface area contributed by atoms with Crippen LogP contribution in [0.1, 0.15) is 43.4 Å². The number of halogens is 2. The molecule has 0 unspecified atom stereocenters. The Morgan fingerprint density at radius 1 is 1.19 bits per heavy atom. The van der Waals surface area contributed by atoms with Crippen molar-refractivity contribution in [2.75, 3.05) is 6.54 Å². The molecule has 1 aliphatic heterocycles. The number of guanidine groups is 1. The molecule has 0 bridgehead atoms. The molecule has 0 aliphatic carbocycles. The lowest BCUT2D eigenvalue weighted by Gasteiger charge is -2.12. The van der Waals surface area contributed by atoms with E-state index >= 15 is 0 Å². The Morgan fingerprint density at radius 3 is 2.88 bits per heavy atom. The first-order valence-electron chi connectivity index (χ1n) is 9.04. The molecule has 0 radical (unpaired) electrons. The van der Waals surface area contributed by atoms with E-state index < -0.39 is 0 Å². The van der Waals surface area contributed by atoms with Crippen LogP contribution in [0.3, 0.4) is 0 Å². The minimum absolute atomic E-state index is 0.475. The number of hydrogen-bond acceptors (Lipinski definition) is 3. The topological polar surface area (TPSA) is 67.1 Å². The zero-order chi connectivity index (χ0) is 18.4. The van der Waals surface area contributed by atoms with Gasteiger partial charge in [-0.3, -0.25) is 0 Å². The van der Waals surface area contributed by atoms with Crippen molar-refractivity contribution in [1.82, 2.24) is 25.4 Å². The molecule has 26 heavy (non-hydrogen) atoms. The second kappa shape index (κ2) is 9.24. The fourth-order valence-corrected chi connectivity index (χ4v) is 3.46. The normalized spacial score (nSPS) is 14.7.